The molecule has 176 valence electrons. The molecule has 2 amide bonds. The molecule has 6 rings (SSSR count). The molecule has 0 unspecified atom stereocenters. The highest BCUT2D eigenvalue weighted by molar-refractivity contribution is 7.89. The topological polar surface area (TPSA) is 114 Å². The van der Waals surface area contributed by atoms with Crippen LogP contribution in [0.1, 0.15) is 61.9 Å². The van der Waals surface area contributed by atoms with E-state index in [1.165, 1.54) is 59.7 Å². The van der Waals surface area contributed by atoms with Gasteiger partial charge in [-0.2, -0.15) is 4.31 Å². The summed E-state index contributed by atoms with van der Waals surface area (Å²) in [6.07, 6.45) is 10.4. The first kappa shape index (κ1) is 21.9. The third-order valence-electron chi connectivity index (χ3n) is 8.50. The molecule has 1 aromatic rings. The highest BCUT2D eigenvalue weighted by atomic mass is 32.2. The van der Waals surface area contributed by atoms with Crippen LogP contribution in [-0.4, -0.2) is 48.7 Å². The zero-order chi connectivity index (χ0) is 22.7. The van der Waals surface area contributed by atoms with Gasteiger partial charge in [-0.1, -0.05) is 0 Å². The summed E-state index contributed by atoms with van der Waals surface area (Å²) in [6, 6.07) is 1.32. The van der Waals surface area contributed by atoms with Crippen molar-refractivity contribution in [2.75, 3.05) is 19.6 Å². The average Bonchev–Trinajstić information content (AvgIpc) is 3.14. The lowest BCUT2D eigenvalue weighted by Gasteiger charge is -2.57. The third kappa shape index (κ3) is 3.87. The minimum atomic E-state index is -3.72. The van der Waals surface area contributed by atoms with Crippen molar-refractivity contribution in [1.82, 2.24) is 14.2 Å². The summed E-state index contributed by atoms with van der Waals surface area (Å²) in [5.74, 6) is 1.85. The van der Waals surface area contributed by atoms with Crippen LogP contribution in [0.2, 0.25) is 0 Å². The molecule has 4 saturated carbocycles. The molecule has 0 radical (unpaired) electrons. The fourth-order valence-corrected chi connectivity index (χ4v) is 8.89. The van der Waals surface area contributed by atoms with Crippen molar-refractivity contribution in [3.05, 3.63) is 18.0 Å². The number of aromatic nitrogens is 1. The fraction of sp³-hybridized carbons (Fsp3) is 0.739. The molecule has 5 aliphatic rings. The molecule has 1 saturated heterocycles. The number of nitrogens with one attached hydrogen (secondary N) is 1. The summed E-state index contributed by atoms with van der Waals surface area (Å²) < 4.78 is 28.8. The van der Waals surface area contributed by atoms with Gasteiger partial charge in [-0.3, -0.25) is 9.59 Å². The number of rotatable bonds is 6. The van der Waals surface area contributed by atoms with Crippen molar-refractivity contribution >= 4 is 21.8 Å². The van der Waals surface area contributed by atoms with Crippen molar-refractivity contribution in [2.24, 2.45) is 41.9 Å². The zero-order valence-corrected chi connectivity index (χ0v) is 19.6. The van der Waals surface area contributed by atoms with Crippen LogP contribution in [0.25, 0.3) is 0 Å². The van der Waals surface area contributed by atoms with Crippen molar-refractivity contribution in [1.29, 1.82) is 0 Å². The number of hydrogen-bond donors (Lipinski definition) is 2. The van der Waals surface area contributed by atoms with Gasteiger partial charge in [-0.25, -0.2) is 8.42 Å². The minimum absolute atomic E-state index is 0.0681. The molecule has 0 spiro atoms. The first-order valence-corrected chi connectivity index (χ1v) is 13.3. The molecule has 8 nitrogen and oxygen atoms in total. The Morgan fingerprint density at radius 1 is 1.09 bits per heavy atom. The Balaban J connectivity index is 1.16. The van der Waals surface area contributed by atoms with Gasteiger partial charge in [0, 0.05) is 38.8 Å². The maximum atomic E-state index is 13.0. The SMILES string of the molecule is Cn1cc(S(=O)(=O)N2CCC(C(=O)NCC34CC5CC(CC(C5)C3)C4)CC2)cc1C(N)=O. The van der Waals surface area contributed by atoms with Crippen LogP contribution in [0.3, 0.4) is 0 Å². The van der Waals surface area contributed by atoms with E-state index in [2.05, 4.69) is 5.32 Å². The molecular formula is C23H34N4O4S. The molecule has 4 bridgehead atoms. The van der Waals surface area contributed by atoms with Crippen molar-refractivity contribution in [3.8, 4) is 0 Å². The summed E-state index contributed by atoms with van der Waals surface area (Å²) in [5, 5.41) is 3.26. The van der Waals surface area contributed by atoms with E-state index in [4.69, 9.17) is 5.73 Å². The summed E-state index contributed by atoms with van der Waals surface area (Å²) in [4.78, 5) is 24.4. The Morgan fingerprint density at radius 2 is 1.66 bits per heavy atom. The molecule has 9 heteroatoms. The molecule has 2 heterocycles. The predicted octanol–water partition coefficient (Wildman–Crippen LogP) is 1.86. The van der Waals surface area contributed by atoms with E-state index in [0.717, 1.165) is 24.3 Å². The number of carbonyl (C=O) groups is 2. The molecule has 1 aromatic heterocycles. The largest absolute Gasteiger partial charge is 0.364 e. The standard InChI is InChI=1S/C23H34N4O4S/c1-26-13-19(9-20(26)21(24)28)32(30,31)27-4-2-18(3-5-27)22(29)25-14-23-10-15-6-16(11-23)8-17(7-15)12-23/h9,13,15-18H,2-8,10-12,14H2,1H3,(H2,24,28)(H,25,29). The molecule has 3 N–H and O–H groups in total. The Bertz CT molecular complexity index is 987. The van der Waals surface area contributed by atoms with Crippen LogP contribution in [0, 0.1) is 29.1 Å². The van der Waals surface area contributed by atoms with Gasteiger partial charge in [0.25, 0.3) is 5.91 Å². The number of hydrogen-bond acceptors (Lipinski definition) is 4. The van der Waals surface area contributed by atoms with E-state index in [1.54, 1.807) is 7.05 Å². The second kappa shape index (κ2) is 7.87. The number of carbonyl (C=O) groups excluding carboxylic acids is 2. The Kier molecular flexibility index (Phi) is 5.40. The Labute approximate surface area is 189 Å². The molecule has 0 aromatic carbocycles. The van der Waals surface area contributed by atoms with Gasteiger partial charge in [-0.05, 0) is 80.6 Å². The number of piperidine rings is 1. The van der Waals surface area contributed by atoms with Crippen LogP contribution in [0.4, 0.5) is 0 Å². The normalized spacial score (nSPS) is 32.8. The van der Waals surface area contributed by atoms with Crippen LogP contribution in [0.5, 0.6) is 0 Å². The van der Waals surface area contributed by atoms with Gasteiger partial charge in [0.15, 0.2) is 0 Å². The number of sulfonamides is 1. The first-order valence-electron chi connectivity index (χ1n) is 11.9. The highest BCUT2D eigenvalue weighted by Crippen LogP contribution is 2.59. The lowest BCUT2D eigenvalue weighted by molar-refractivity contribution is -0.128. The molecule has 0 atom stereocenters. The molecule has 1 aliphatic heterocycles. The van der Waals surface area contributed by atoms with Gasteiger partial charge < -0.3 is 15.6 Å². The van der Waals surface area contributed by atoms with Crippen molar-refractivity contribution in [2.45, 2.75) is 56.3 Å². The summed E-state index contributed by atoms with van der Waals surface area (Å²) in [5.41, 5.74) is 5.77. The molecule has 4 aliphatic carbocycles. The molecular weight excluding hydrogens is 428 g/mol. The number of amides is 2. The second-order valence-corrected chi connectivity index (χ2v) is 12.8. The molecule has 32 heavy (non-hydrogen) atoms. The summed E-state index contributed by atoms with van der Waals surface area (Å²) in [7, 11) is -2.12. The lowest BCUT2D eigenvalue weighted by atomic mass is 9.49. The van der Waals surface area contributed by atoms with Gasteiger partial charge in [0.05, 0.1) is 0 Å². The second-order valence-electron chi connectivity index (χ2n) is 10.8. The number of nitrogens with two attached hydrogens (primary N) is 1. The van der Waals surface area contributed by atoms with E-state index in [1.807, 2.05) is 0 Å². The van der Waals surface area contributed by atoms with Gasteiger partial charge in [0.2, 0.25) is 15.9 Å². The van der Waals surface area contributed by atoms with Crippen molar-refractivity contribution in [3.63, 3.8) is 0 Å². The van der Waals surface area contributed by atoms with Gasteiger partial charge in [0.1, 0.15) is 10.6 Å². The average molecular weight is 463 g/mol. The van der Waals surface area contributed by atoms with Gasteiger partial charge in [-0.15, -0.1) is 0 Å². The maximum absolute atomic E-state index is 13.0. The smallest absolute Gasteiger partial charge is 0.265 e. The summed E-state index contributed by atoms with van der Waals surface area (Å²) >= 11 is 0. The zero-order valence-electron chi connectivity index (χ0n) is 18.8. The van der Waals surface area contributed by atoms with Crippen molar-refractivity contribution < 1.29 is 18.0 Å². The highest BCUT2D eigenvalue weighted by Gasteiger charge is 2.50. The first-order chi connectivity index (χ1) is 15.1. The minimum Gasteiger partial charge on any atom is -0.364 e. The summed E-state index contributed by atoms with van der Waals surface area (Å²) in [6.45, 7) is 1.39. The van der Waals surface area contributed by atoms with E-state index >= 15 is 0 Å². The third-order valence-corrected chi connectivity index (χ3v) is 10.4. The number of aryl methyl sites for hydroxylation is 1. The molecule has 5 fully saturated rings. The van der Waals surface area contributed by atoms with Crippen LogP contribution in [0.15, 0.2) is 17.2 Å². The van der Waals surface area contributed by atoms with E-state index in [9.17, 15) is 18.0 Å². The number of primary amides is 1. The predicted molar refractivity (Wildman–Crippen MR) is 119 cm³/mol. The Morgan fingerprint density at radius 3 is 2.16 bits per heavy atom. The lowest BCUT2D eigenvalue weighted by Crippen LogP contribution is -2.52. The van der Waals surface area contributed by atoms with E-state index in [0.29, 0.717) is 31.3 Å². The fourth-order valence-electron chi connectivity index (χ4n) is 7.35. The quantitative estimate of drug-likeness (QED) is 0.671. The van der Waals surface area contributed by atoms with E-state index < -0.39 is 15.9 Å². The van der Waals surface area contributed by atoms with Crippen LogP contribution < -0.4 is 11.1 Å². The van der Waals surface area contributed by atoms with Gasteiger partial charge >= 0.3 is 0 Å². The van der Waals surface area contributed by atoms with Crippen LogP contribution >= 0.6 is 0 Å². The maximum Gasteiger partial charge on any atom is 0.265 e. The van der Waals surface area contributed by atoms with Crippen LogP contribution in [-0.2, 0) is 21.9 Å². The Hall–Kier alpha value is -1.87. The number of nitrogens with zero attached hydrogens (tertiary/aromatic N) is 2. The monoisotopic (exact) mass is 462 g/mol. The van der Waals surface area contributed by atoms with E-state index in [-0.39, 0.29) is 22.4 Å².